The molecule has 0 aromatic carbocycles. The lowest BCUT2D eigenvalue weighted by Gasteiger charge is -2.12. The van der Waals surface area contributed by atoms with Gasteiger partial charge in [0.05, 0.1) is 18.9 Å². The number of ether oxygens (including phenoxy) is 2. The lowest BCUT2D eigenvalue weighted by atomic mass is 10.2. The fourth-order valence-electron chi connectivity index (χ4n) is 2.27. The number of nitrogens with zero attached hydrogens (tertiary/aromatic N) is 2. The summed E-state index contributed by atoms with van der Waals surface area (Å²) in [6, 6.07) is 0. The Bertz CT molecular complexity index is 796. The van der Waals surface area contributed by atoms with Crippen molar-refractivity contribution in [3.05, 3.63) is 16.2 Å². The third kappa shape index (κ3) is 3.36. The van der Waals surface area contributed by atoms with Crippen molar-refractivity contribution in [1.29, 1.82) is 0 Å². The average Bonchev–Trinajstić information content (AvgIpc) is 2.94. The van der Waals surface area contributed by atoms with Crippen molar-refractivity contribution in [2.75, 3.05) is 25.2 Å². The van der Waals surface area contributed by atoms with Gasteiger partial charge in [-0.1, -0.05) is 0 Å². The molecule has 3 rings (SSSR count). The summed E-state index contributed by atoms with van der Waals surface area (Å²) in [5.41, 5.74) is 5.55. The number of imidazole rings is 1. The Morgan fingerprint density at radius 1 is 1.45 bits per heavy atom. The molecule has 10 nitrogen and oxygen atoms in total. The molecule has 2 aromatic rings. The number of nitrogens with two attached hydrogens (primary N) is 1. The fraction of sp³-hybridized carbons (Fsp3) is 0.545. The van der Waals surface area contributed by atoms with Gasteiger partial charge in [-0.3, -0.25) is 14.3 Å². The van der Waals surface area contributed by atoms with E-state index >= 15 is 0 Å². The maximum atomic E-state index is 11.7. The molecule has 3 heterocycles. The van der Waals surface area contributed by atoms with Gasteiger partial charge in [0.25, 0.3) is 5.56 Å². The lowest BCUT2D eigenvalue weighted by molar-refractivity contribution is -0.0405. The maximum Gasteiger partial charge on any atom is 0.278 e. The molecule has 11 heteroatoms. The van der Waals surface area contributed by atoms with Crippen LogP contribution in [0.1, 0.15) is 5.82 Å². The van der Waals surface area contributed by atoms with E-state index in [4.69, 9.17) is 15.2 Å². The van der Waals surface area contributed by atoms with Crippen LogP contribution in [0.4, 0.5) is 5.95 Å². The highest BCUT2D eigenvalue weighted by atomic mass is 31.2. The SMILES string of the molecule is CP(=O)(O)CC1OC[C@H](Cc2nc3nc(N)[nH]c(=O)c3[nH]2)O1. The summed E-state index contributed by atoms with van der Waals surface area (Å²) < 4.78 is 22.2. The van der Waals surface area contributed by atoms with Crippen LogP contribution >= 0.6 is 7.37 Å². The highest BCUT2D eigenvalue weighted by Gasteiger charge is 2.31. The van der Waals surface area contributed by atoms with Crippen LogP contribution in [0.2, 0.25) is 0 Å². The number of anilines is 1. The Morgan fingerprint density at radius 2 is 2.23 bits per heavy atom. The number of aromatic nitrogens is 4. The number of aromatic amines is 2. The first-order chi connectivity index (χ1) is 10.3. The highest BCUT2D eigenvalue weighted by Crippen LogP contribution is 2.38. The van der Waals surface area contributed by atoms with Crippen molar-refractivity contribution >= 4 is 24.5 Å². The van der Waals surface area contributed by atoms with Gasteiger partial charge in [0.2, 0.25) is 13.3 Å². The van der Waals surface area contributed by atoms with Crippen LogP contribution in [0.15, 0.2) is 4.79 Å². The van der Waals surface area contributed by atoms with Gasteiger partial charge in [0.15, 0.2) is 17.5 Å². The Balaban J connectivity index is 1.71. The highest BCUT2D eigenvalue weighted by molar-refractivity contribution is 7.57. The van der Waals surface area contributed by atoms with E-state index in [-0.39, 0.29) is 36.0 Å². The summed E-state index contributed by atoms with van der Waals surface area (Å²) in [7, 11) is -3.20. The minimum Gasteiger partial charge on any atom is -0.369 e. The van der Waals surface area contributed by atoms with Crippen molar-refractivity contribution in [3.8, 4) is 0 Å². The molecule has 2 unspecified atom stereocenters. The van der Waals surface area contributed by atoms with E-state index in [0.29, 0.717) is 12.2 Å². The smallest absolute Gasteiger partial charge is 0.278 e. The fourth-order valence-corrected chi connectivity index (χ4v) is 3.02. The Labute approximate surface area is 124 Å². The van der Waals surface area contributed by atoms with Gasteiger partial charge < -0.3 is 25.1 Å². The zero-order valence-corrected chi connectivity index (χ0v) is 12.7. The van der Waals surface area contributed by atoms with Crippen LogP contribution in [-0.4, -0.2) is 56.7 Å². The third-order valence-electron chi connectivity index (χ3n) is 3.15. The van der Waals surface area contributed by atoms with Crippen LogP contribution in [0.5, 0.6) is 0 Å². The molecule has 0 radical (unpaired) electrons. The van der Waals surface area contributed by atoms with Gasteiger partial charge in [-0.05, 0) is 0 Å². The van der Waals surface area contributed by atoms with E-state index in [0.717, 1.165) is 0 Å². The lowest BCUT2D eigenvalue weighted by Crippen LogP contribution is -2.18. The number of hydrogen-bond acceptors (Lipinski definition) is 7. The van der Waals surface area contributed by atoms with Crippen LogP contribution < -0.4 is 11.3 Å². The number of H-pyrrole nitrogens is 2. The molecule has 3 atom stereocenters. The average molecular weight is 329 g/mol. The zero-order valence-electron chi connectivity index (χ0n) is 11.8. The van der Waals surface area contributed by atoms with Gasteiger partial charge >= 0.3 is 0 Å². The topological polar surface area (TPSA) is 156 Å². The molecule has 0 saturated carbocycles. The maximum absolute atomic E-state index is 11.7. The second-order valence-electron chi connectivity index (χ2n) is 5.29. The van der Waals surface area contributed by atoms with Gasteiger partial charge in [-0.25, -0.2) is 4.98 Å². The molecule has 1 aliphatic rings. The minimum atomic E-state index is -3.20. The van der Waals surface area contributed by atoms with Crippen molar-refractivity contribution < 1.29 is 18.9 Å². The summed E-state index contributed by atoms with van der Waals surface area (Å²) in [6.45, 7) is 1.54. The van der Waals surface area contributed by atoms with Crippen molar-refractivity contribution in [2.45, 2.75) is 18.8 Å². The monoisotopic (exact) mass is 329 g/mol. The third-order valence-corrected chi connectivity index (χ3v) is 4.13. The molecule has 22 heavy (non-hydrogen) atoms. The van der Waals surface area contributed by atoms with Crippen LogP contribution in [0.25, 0.3) is 11.2 Å². The molecule has 1 aliphatic heterocycles. The van der Waals surface area contributed by atoms with Crippen molar-refractivity contribution in [2.24, 2.45) is 0 Å². The summed E-state index contributed by atoms with van der Waals surface area (Å²) in [5.74, 6) is 0.509. The molecular formula is C11H16N5O5P. The summed E-state index contributed by atoms with van der Waals surface area (Å²) in [6.07, 6.45) is -0.700. The molecule has 2 aromatic heterocycles. The molecule has 0 amide bonds. The van der Waals surface area contributed by atoms with Gasteiger partial charge in [-0.15, -0.1) is 0 Å². The first-order valence-electron chi connectivity index (χ1n) is 6.61. The molecule has 120 valence electrons. The second kappa shape index (κ2) is 5.47. The summed E-state index contributed by atoms with van der Waals surface area (Å²) >= 11 is 0. The van der Waals surface area contributed by atoms with Gasteiger partial charge in [0, 0.05) is 13.1 Å². The molecule has 1 saturated heterocycles. The zero-order chi connectivity index (χ0) is 15.9. The predicted octanol–water partition coefficient (Wildman–Crippen LogP) is -0.587. The predicted molar refractivity (Wildman–Crippen MR) is 77.9 cm³/mol. The quantitative estimate of drug-likeness (QED) is 0.542. The Morgan fingerprint density at radius 3 is 2.95 bits per heavy atom. The van der Waals surface area contributed by atoms with Crippen LogP contribution in [-0.2, 0) is 20.5 Å². The number of nitrogen functional groups attached to an aromatic ring is 1. The molecule has 0 spiro atoms. The van der Waals surface area contributed by atoms with E-state index in [2.05, 4.69) is 19.9 Å². The first-order valence-corrected chi connectivity index (χ1v) is 8.90. The van der Waals surface area contributed by atoms with E-state index < -0.39 is 19.2 Å². The molecule has 1 fully saturated rings. The van der Waals surface area contributed by atoms with E-state index in [1.165, 1.54) is 6.66 Å². The second-order valence-corrected chi connectivity index (χ2v) is 7.76. The Kier molecular flexibility index (Phi) is 3.77. The van der Waals surface area contributed by atoms with E-state index in [1.54, 1.807) is 0 Å². The van der Waals surface area contributed by atoms with Crippen LogP contribution in [0, 0.1) is 0 Å². The molecule has 0 bridgehead atoms. The van der Waals surface area contributed by atoms with Gasteiger partial charge in [-0.2, -0.15) is 4.98 Å². The number of nitrogens with one attached hydrogen (secondary N) is 2. The number of fused-ring (bicyclic) bond motifs is 1. The normalized spacial score (nSPS) is 24.6. The summed E-state index contributed by atoms with van der Waals surface area (Å²) in [5, 5.41) is 0. The van der Waals surface area contributed by atoms with Gasteiger partial charge in [0.1, 0.15) is 5.82 Å². The Hall–Kier alpha value is -1.74. The first kappa shape index (κ1) is 15.2. The molecular weight excluding hydrogens is 313 g/mol. The van der Waals surface area contributed by atoms with Crippen LogP contribution in [0.3, 0.4) is 0 Å². The van der Waals surface area contributed by atoms with Crippen molar-refractivity contribution in [1.82, 2.24) is 19.9 Å². The minimum absolute atomic E-state index is 0.00212. The summed E-state index contributed by atoms with van der Waals surface area (Å²) in [4.78, 5) is 34.4. The van der Waals surface area contributed by atoms with E-state index in [9.17, 15) is 14.3 Å². The number of rotatable bonds is 4. The molecule has 5 N–H and O–H groups in total. The van der Waals surface area contributed by atoms with E-state index in [1.807, 2.05) is 0 Å². The standard InChI is InChI=1S/C11H16N5O5P/c1-22(18,19)4-7-20-3-5(21-7)2-6-13-8-9(14-6)15-11(12)16-10(8)17/h5,7H,2-4H2,1H3,(H,18,19)(H4,12,13,14,15,16,17)/t5-,7?/m0/s1. The largest absolute Gasteiger partial charge is 0.369 e. The molecule has 0 aliphatic carbocycles. The number of hydrogen-bond donors (Lipinski definition) is 4. The van der Waals surface area contributed by atoms with Crippen molar-refractivity contribution in [3.63, 3.8) is 0 Å².